The van der Waals surface area contributed by atoms with Crippen molar-refractivity contribution in [3.05, 3.63) is 0 Å². The van der Waals surface area contributed by atoms with Crippen molar-refractivity contribution in [1.82, 2.24) is 5.32 Å². The first-order valence-electron chi connectivity index (χ1n) is 4.66. The number of carbonyl (C=O) groups is 2. The summed E-state index contributed by atoms with van der Waals surface area (Å²) in [5.41, 5.74) is 5.59. The smallest absolute Gasteiger partial charge is 0.288 e. The van der Waals surface area contributed by atoms with Gasteiger partial charge in [-0.05, 0) is 12.3 Å². The van der Waals surface area contributed by atoms with Crippen LogP contribution in [0, 0.1) is 5.92 Å². The average molecular weight is 184 g/mol. The van der Waals surface area contributed by atoms with Crippen LogP contribution in [0.25, 0.3) is 0 Å². The van der Waals surface area contributed by atoms with E-state index >= 15 is 0 Å². The molecule has 1 rings (SSSR count). The molecule has 3 N–H and O–H groups in total. The lowest BCUT2D eigenvalue weighted by molar-refractivity contribution is -0.138. The Bertz CT molecular complexity index is 212. The van der Waals surface area contributed by atoms with Crippen LogP contribution in [0.3, 0.4) is 0 Å². The normalized spacial score (nSPS) is 18.9. The number of carbonyl (C=O) groups excluding carboxylic acids is 2. The standard InChI is InChI=1S/C9H16N2O2/c1-11-9(13)8(12)7(10)5-6-3-2-4-6/h6-7H,2-5,10H2,1H3,(H,11,13)/t7-/m0/s1. The van der Waals surface area contributed by atoms with Crippen LogP contribution in [0.2, 0.25) is 0 Å². The number of likely N-dealkylation sites (N-methyl/N-ethyl adjacent to an activating group) is 1. The SMILES string of the molecule is CNC(=O)C(=O)[C@@H](N)CC1CCC1. The van der Waals surface area contributed by atoms with Gasteiger partial charge in [-0.15, -0.1) is 0 Å². The molecule has 1 atom stereocenters. The van der Waals surface area contributed by atoms with Crippen LogP contribution in [0.4, 0.5) is 0 Å². The van der Waals surface area contributed by atoms with Crippen LogP contribution in [0.1, 0.15) is 25.7 Å². The third kappa shape index (κ3) is 2.52. The molecule has 0 heterocycles. The summed E-state index contributed by atoms with van der Waals surface area (Å²) in [7, 11) is 1.44. The Kier molecular flexibility index (Phi) is 3.42. The number of amides is 1. The molecule has 0 aliphatic heterocycles. The van der Waals surface area contributed by atoms with Crippen molar-refractivity contribution in [2.75, 3.05) is 7.05 Å². The first kappa shape index (κ1) is 10.2. The fraction of sp³-hybridized carbons (Fsp3) is 0.778. The number of hydrogen-bond acceptors (Lipinski definition) is 3. The van der Waals surface area contributed by atoms with Crippen LogP contribution >= 0.6 is 0 Å². The quantitative estimate of drug-likeness (QED) is 0.595. The van der Waals surface area contributed by atoms with E-state index in [9.17, 15) is 9.59 Å². The Balaban J connectivity index is 2.32. The van der Waals surface area contributed by atoms with Crippen LogP contribution in [0.5, 0.6) is 0 Å². The Morgan fingerprint density at radius 3 is 2.54 bits per heavy atom. The predicted molar refractivity (Wildman–Crippen MR) is 49.0 cm³/mol. The molecular weight excluding hydrogens is 168 g/mol. The average Bonchev–Trinajstić information content (AvgIpc) is 2.08. The van der Waals surface area contributed by atoms with Gasteiger partial charge in [0.1, 0.15) is 0 Å². The van der Waals surface area contributed by atoms with Gasteiger partial charge in [-0.1, -0.05) is 19.3 Å². The van der Waals surface area contributed by atoms with E-state index in [0.717, 1.165) is 12.8 Å². The number of Topliss-reactive ketones (excluding diaryl/α,β-unsaturated/α-hetero) is 1. The predicted octanol–water partition coefficient (Wildman–Crippen LogP) is -0.181. The lowest BCUT2D eigenvalue weighted by Crippen LogP contribution is -2.42. The van der Waals surface area contributed by atoms with Gasteiger partial charge in [-0.2, -0.15) is 0 Å². The molecule has 1 aliphatic rings. The second kappa shape index (κ2) is 4.37. The van der Waals surface area contributed by atoms with Crippen LogP contribution in [-0.4, -0.2) is 24.8 Å². The lowest BCUT2D eigenvalue weighted by atomic mass is 9.80. The van der Waals surface area contributed by atoms with Crippen LogP contribution < -0.4 is 11.1 Å². The molecular formula is C9H16N2O2. The van der Waals surface area contributed by atoms with Gasteiger partial charge < -0.3 is 11.1 Å². The second-order valence-electron chi connectivity index (χ2n) is 3.58. The van der Waals surface area contributed by atoms with Gasteiger partial charge >= 0.3 is 0 Å². The summed E-state index contributed by atoms with van der Waals surface area (Å²) in [6.07, 6.45) is 4.18. The number of nitrogens with one attached hydrogen (secondary N) is 1. The van der Waals surface area contributed by atoms with Crippen LogP contribution in [0.15, 0.2) is 0 Å². The van der Waals surface area contributed by atoms with Gasteiger partial charge in [0.25, 0.3) is 5.91 Å². The fourth-order valence-electron chi connectivity index (χ4n) is 1.49. The highest BCUT2D eigenvalue weighted by atomic mass is 16.2. The van der Waals surface area contributed by atoms with E-state index in [1.165, 1.54) is 13.5 Å². The van der Waals surface area contributed by atoms with Gasteiger partial charge in [-0.25, -0.2) is 0 Å². The molecule has 0 spiro atoms. The first-order valence-corrected chi connectivity index (χ1v) is 4.66. The van der Waals surface area contributed by atoms with Crippen molar-refractivity contribution in [1.29, 1.82) is 0 Å². The number of rotatable bonds is 4. The highest BCUT2D eigenvalue weighted by Gasteiger charge is 2.26. The van der Waals surface area contributed by atoms with Gasteiger partial charge in [0, 0.05) is 7.05 Å². The fourth-order valence-corrected chi connectivity index (χ4v) is 1.49. The van der Waals surface area contributed by atoms with Gasteiger partial charge in [-0.3, -0.25) is 9.59 Å². The zero-order chi connectivity index (χ0) is 9.84. The molecule has 0 unspecified atom stereocenters. The van der Waals surface area contributed by atoms with Crippen molar-refractivity contribution in [2.45, 2.75) is 31.7 Å². The third-order valence-electron chi connectivity index (χ3n) is 2.60. The summed E-state index contributed by atoms with van der Waals surface area (Å²) in [6.45, 7) is 0. The van der Waals surface area contributed by atoms with E-state index in [-0.39, 0.29) is 0 Å². The van der Waals surface area contributed by atoms with E-state index in [0.29, 0.717) is 12.3 Å². The summed E-state index contributed by atoms with van der Waals surface area (Å²) in [4.78, 5) is 22.1. The maximum absolute atomic E-state index is 11.2. The van der Waals surface area contributed by atoms with E-state index in [1.807, 2.05) is 0 Å². The molecule has 0 saturated heterocycles. The highest BCUT2D eigenvalue weighted by molar-refractivity contribution is 6.38. The Labute approximate surface area is 77.9 Å². The summed E-state index contributed by atoms with van der Waals surface area (Å²) >= 11 is 0. The molecule has 0 radical (unpaired) electrons. The maximum Gasteiger partial charge on any atom is 0.288 e. The highest BCUT2D eigenvalue weighted by Crippen LogP contribution is 2.30. The monoisotopic (exact) mass is 184 g/mol. The molecule has 1 saturated carbocycles. The van der Waals surface area contributed by atoms with Crippen molar-refractivity contribution in [3.63, 3.8) is 0 Å². The van der Waals surface area contributed by atoms with Crippen molar-refractivity contribution in [3.8, 4) is 0 Å². The molecule has 74 valence electrons. The van der Waals surface area contributed by atoms with Gasteiger partial charge in [0.15, 0.2) is 0 Å². The molecule has 0 bridgehead atoms. The van der Waals surface area contributed by atoms with E-state index in [2.05, 4.69) is 5.32 Å². The number of hydrogen-bond donors (Lipinski definition) is 2. The van der Waals surface area contributed by atoms with Gasteiger partial charge in [0.05, 0.1) is 6.04 Å². The Morgan fingerprint density at radius 1 is 1.54 bits per heavy atom. The lowest BCUT2D eigenvalue weighted by Gasteiger charge is -2.27. The number of ketones is 1. The molecule has 0 aromatic carbocycles. The molecule has 0 aromatic rings. The summed E-state index contributed by atoms with van der Waals surface area (Å²) in [5, 5.41) is 2.29. The summed E-state index contributed by atoms with van der Waals surface area (Å²) in [5.74, 6) is -0.509. The van der Waals surface area contributed by atoms with Crippen LogP contribution in [-0.2, 0) is 9.59 Å². The van der Waals surface area contributed by atoms with Gasteiger partial charge in [0.2, 0.25) is 5.78 Å². The minimum atomic E-state index is -0.606. The largest absolute Gasteiger partial charge is 0.353 e. The first-order chi connectivity index (χ1) is 6.15. The molecule has 1 aliphatic carbocycles. The minimum absolute atomic E-state index is 0.491. The topological polar surface area (TPSA) is 72.2 Å². The number of nitrogens with two attached hydrogens (primary N) is 1. The molecule has 4 nitrogen and oxygen atoms in total. The zero-order valence-electron chi connectivity index (χ0n) is 7.88. The Morgan fingerprint density at radius 2 is 2.15 bits per heavy atom. The molecule has 0 aromatic heterocycles. The van der Waals surface area contributed by atoms with Crippen molar-refractivity contribution >= 4 is 11.7 Å². The summed E-state index contributed by atoms with van der Waals surface area (Å²) in [6, 6.07) is -0.606. The summed E-state index contributed by atoms with van der Waals surface area (Å²) < 4.78 is 0. The Hall–Kier alpha value is -0.900. The maximum atomic E-state index is 11.2. The van der Waals surface area contributed by atoms with E-state index in [4.69, 9.17) is 5.73 Å². The molecule has 13 heavy (non-hydrogen) atoms. The minimum Gasteiger partial charge on any atom is -0.353 e. The second-order valence-corrected chi connectivity index (χ2v) is 3.58. The van der Waals surface area contributed by atoms with E-state index < -0.39 is 17.7 Å². The third-order valence-corrected chi connectivity index (χ3v) is 2.60. The molecule has 4 heteroatoms. The molecule has 1 amide bonds. The zero-order valence-corrected chi connectivity index (χ0v) is 7.88. The van der Waals surface area contributed by atoms with E-state index in [1.54, 1.807) is 0 Å². The van der Waals surface area contributed by atoms with Crippen molar-refractivity contribution < 1.29 is 9.59 Å². The molecule has 1 fully saturated rings. The van der Waals surface area contributed by atoms with Crippen molar-refractivity contribution in [2.24, 2.45) is 11.7 Å².